The zero-order valence-corrected chi connectivity index (χ0v) is 21.8. The van der Waals surface area contributed by atoms with Gasteiger partial charge in [0.1, 0.15) is 11.6 Å². The SMILES string of the molecule is CCC(C)[C@H](C)c1c(Cl)ccc(F)c1Cl.Cc1cc(-c2cnn(C3CCNCC3)c2)cnc1N. The molecule has 3 aromatic rings. The Hall–Kier alpha value is -2.15. The summed E-state index contributed by atoms with van der Waals surface area (Å²) in [5.41, 5.74) is 9.67. The van der Waals surface area contributed by atoms with Crippen LogP contribution in [0.15, 0.2) is 36.8 Å². The average Bonchev–Trinajstić information content (AvgIpc) is 3.34. The predicted octanol–water partition coefficient (Wildman–Crippen LogP) is 7.04. The van der Waals surface area contributed by atoms with E-state index in [1.54, 1.807) is 6.07 Å². The first-order chi connectivity index (χ1) is 16.2. The third-order valence-corrected chi connectivity index (χ3v) is 7.48. The minimum Gasteiger partial charge on any atom is -0.383 e. The van der Waals surface area contributed by atoms with Crippen molar-refractivity contribution in [3.63, 3.8) is 0 Å². The normalized spacial score (nSPS) is 16.0. The highest BCUT2D eigenvalue weighted by atomic mass is 35.5. The lowest BCUT2D eigenvalue weighted by Crippen LogP contribution is -2.29. The molecular formula is C26H34Cl2FN5. The highest BCUT2D eigenvalue weighted by molar-refractivity contribution is 6.36. The largest absolute Gasteiger partial charge is 0.383 e. The van der Waals surface area contributed by atoms with Gasteiger partial charge in [-0.1, -0.05) is 50.4 Å². The van der Waals surface area contributed by atoms with Gasteiger partial charge in [0.15, 0.2) is 0 Å². The Morgan fingerprint density at radius 3 is 2.53 bits per heavy atom. The van der Waals surface area contributed by atoms with Gasteiger partial charge in [-0.25, -0.2) is 9.37 Å². The second-order valence-electron chi connectivity index (χ2n) is 9.05. The van der Waals surface area contributed by atoms with Crippen LogP contribution in [0.2, 0.25) is 10.0 Å². The van der Waals surface area contributed by atoms with Crippen LogP contribution in [0.3, 0.4) is 0 Å². The molecule has 0 radical (unpaired) electrons. The van der Waals surface area contributed by atoms with E-state index in [-0.39, 0.29) is 10.9 Å². The topological polar surface area (TPSA) is 68.8 Å². The molecule has 0 saturated carbocycles. The van der Waals surface area contributed by atoms with Gasteiger partial charge in [-0.15, -0.1) is 0 Å². The Labute approximate surface area is 211 Å². The number of nitrogens with zero attached hydrogens (tertiary/aromatic N) is 3. The number of anilines is 1. The number of aryl methyl sites for hydroxylation is 1. The van der Waals surface area contributed by atoms with E-state index in [9.17, 15) is 4.39 Å². The maximum absolute atomic E-state index is 13.3. The number of nitrogens with two attached hydrogens (primary N) is 1. The van der Waals surface area contributed by atoms with Gasteiger partial charge in [-0.3, -0.25) is 4.68 Å². The molecule has 3 heterocycles. The number of piperidine rings is 1. The average molecular weight is 506 g/mol. The molecule has 0 aliphatic carbocycles. The van der Waals surface area contributed by atoms with Gasteiger partial charge >= 0.3 is 0 Å². The van der Waals surface area contributed by atoms with Crippen molar-refractivity contribution in [1.29, 1.82) is 0 Å². The Morgan fingerprint density at radius 1 is 1.18 bits per heavy atom. The maximum Gasteiger partial charge on any atom is 0.142 e. The molecule has 1 fully saturated rings. The number of rotatable bonds is 5. The number of benzene rings is 1. The van der Waals surface area contributed by atoms with Crippen LogP contribution in [0, 0.1) is 18.7 Å². The van der Waals surface area contributed by atoms with Crippen LogP contribution in [-0.4, -0.2) is 27.9 Å². The molecule has 0 bridgehead atoms. The van der Waals surface area contributed by atoms with Crippen LogP contribution < -0.4 is 11.1 Å². The fraction of sp³-hybridized carbons (Fsp3) is 0.462. The number of nitrogen functional groups attached to an aromatic ring is 1. The highest BCUT2D eigenvalue weighted by Crippen LogP contribution is 2.37. The smallest absolute Gasteiger partial charge is 0.142 e. The van der Waals surface area contributed by atoms with E-state index in [1.165, 1.54) is 6.07 Å². The first kappa shape index (κ1) is 26.5. The molecule has 8 heteroatoms. The van der Waals surface area contributed by atoms with Gasteiger partial charge in [-0.05, 0) is 74.0 Å². The minimum absolute atomic E-state index is 0.162. The van der Waals surface area contributed by atoms with Gasteiger partial charge < -0.3 is 11.1 Å². The van der Waals surface area contributed by atoms with E-state index in [4.69, 9.17) is 28.9 Å². The summed E-state index contributed by atoms with van der Waals surface area (Å²) < 4.78 is 15.4. The second kappa shape index (κ2) is 12.0. The van der Waals surface area contributed by atoms with Gasteiger partial charge in [0, 0.05) is 28.5 Å². The molecule has 2 atom stereocenters. The summed E-state index contributed by atoms with van der Waals surface area (Å²) in [6.45, 7) is 10.4. The van der Waals surface area contributed by atoms with Crippen molar-refractivity contribution in [3.05, 3.63) is 63.8 Å². The number of hydrogen-bond donors (Lipinski definition) is 2. The Bertz CT molecular complexity index is 1090. The predicted molar refractivity (Wildman–Crippen MR) is 140 cm³/mol. The van der Waals surface area contributed by atoms with Gasteiger partial charge in [-0.2, -0.15) is 5.10 Å². The van der Waals surface area contributed by atoms with Crippen molar-refractivity contribution in [3.8, 4) is 11.1 Å². The number of nitrogens with one attached hydrogen (secondary N) is 1. The first-order valence-electron chi connectivity index (χ1n) is 11.8. The molecule has 1 aliphatic rings. The number of halogens is 3. The molecule has 1 unspecified atom stereocenters. The second-order valence-corrected chi connectivity index (χ2v) is 9.83. The van der Waals surface area contributed by atoms with E-state index in [2.05, 4.69) is 46.2 Å². The molecule has 5 nitrogen and oxygen atoms in total. The van der Waals surface area contributed by atoms with Crippen molar-refractivity contribution in [2.24, 2.45) is 5.92 Å². The van der Waals surface area contributed by atoms with Crippen molar-refractivity contribution in [1.82, 2.24) is 20.1 Å². The Morgan fingerprint density at radius 2 is 1.88 bits per heavy atom. The van der Waals surface area contributed by atoms with E-state index in [0.717, 1.165) is 54.6 Å². The molecule has 4 rings (SSSR count). The van der Waals surface area contributed by atoms with Crippen molar-refractivity contribution >= 4 is 29.0 Å². The Kier molecular flexibility index (Phi) is 9.34. The minimum atomic E-state index is -0.397. The zero-order chi connectivity index (χ0) is 24.8. The van der Waals surface area contributed by atoms with Gasteiger partial charge in [0.25, 0.3) is 0 Å². The molecule has 1 saturated heterocycles. The molecule has 0 amide bonds. The van der Waals surface area contributed by atoms with Crippen LogP contribution in [0.5, 0.6) is 0 Å². The van der Waals surface area contributed by atoms with Crippen molar-refractivity contribution in [2.45, 2.75) is 58.9 Å². The van der Waals surface area contributed by atoms with Crippen LogP contribution >= 0.6 is 23.2 Å². The molecule has 1 aromatic carbocycles. The van der Waals surface area contributed by atoms with Crippen molar-refractivity contribution in [2.75, 3.05) is 18.8 Å². The van der Waals surface area contributed by atoms with E-state index < -0.39 is 5.82 Å². The fourth-order valence-electron chi connectivity index (χ4n) is 4.10. The molecule has 34 heavy (non-hydrogen) atoms. The van der Waals surface area contributed by atoms with Crippen molar-refractivity contribution < 1.29 is 4.39 Å². The van der Waals surface area contributed by atoms with Gasteiger partial charge in [0.05, 0.1) is 17.3 Å². The third-order valence-electron chi connectivity index (χ3n) is 6.77. The van der Waals surface area contributed by atoms with Crippen LogP contribution in [0.25, 0.3) is 11.1 Å². The molecule has 3 N–H and O–H groups in total. The van der Waals surface area contributed by atoms with E-state index >= 15 is 0 Å². The summed E-state index contributed by atoms with van der Waals surface area (Å²) in [7, 11) is 0. The summed E-state index contributed by atoms with van der Waals surface area (Å²) in [6, 6.07) is 5.44. The summed E-state index contributed by atoms with van der Waals surface area (Å²) in [5, 5.41) is 8.58. The molecule has 1 aliphatic heterocycles. The van der Waals surface area contributed by atoms with Gasteiger partial charge in [0.2, 0.25) is 0 Å². The quantitative estimate of drug-likeness (QED) is 0.364. The molecular weight excluding hydrogens is 472 g/mol. The summed E-state index contributed by atoms with van der Waals surface area (Å²) in [5.74, 6) is 0.799. The summed E-state index contributed by atoms with van der Waals surface area (Å²) in [6.07, 6.45) is 9.13. The lowest BCUT2D eigenvalue weighted by atomic mass is 9.87. The number of pyridine rings is 1. The maximum atomic E-state index is 13.3. The number of hydrogen-bond acceptors (Lipinski definition) is 4. The van der Waals surface area contributed by atoms with Crippen LogP contribution in [0.4, 0.5) is 10.2 Å². The third kappa shape index (κ3) is 6.29. The molecule has 0 spiro atoms. The Balaban J connectivity index is 0.000000197. The highest BCUT2D eigenvalue weighted by Gasteiger charge is 2.21. The lowest BCUT2D eigenvalue weighted by Gasteiger charge is -2.22. The van der Waals surface area contributed by atoms with Crippen LogP contribution in [-0.2, 0) is 0 Å². The zero-order valence-electron chi connectivity index (χ0n) is 20.3. The monoisotopic (exact) mass is 505 g/mol. The summed E-state index contributed by atoms with van der Waals surface area (Å²) in [4.78, 5) is 4.21. The first-order valence-corrected chi connectivity index (χ1v) is 12.6. The lowest BCUT2D eigenvalue weighted by molar-refractivity contribution is 0.343. The fourth-order valence-corrected chi connectivity index (χ4v) is 4.81. The molecule has 184 valence electrons. The van der Waals surface area contributed by atoms with Crippen LogP contribution in [0.1, 0.15) is 63.1 Å². The molecule has 2 aromatic heterocycles. The number of aromatic nitrogens is 3. The summed E-state index contributed by atoms with van der Waals surface area (Å²) >= 11 is 12.0. The van der Waals surface area contributed by atoms with E-state index in [1.807, 2.05) is 26.2 Å². The standard InChI is InChI=1S/C14H19N5.C12H15Cl2F/c1-10-6-11(7-17-14(10)15)12-8-18-19(9-12)13-2-4-16-5-3-13;1-4-7(2)8(3)11-9(13)5-6-10(15)12(11)14/h6-9,13,16H,2-5H2,1H3,(H2,15,17);5-8H,4H2,1-3H3/t;7?,8-/m.0/s1. The van der Waals surface area contributed by atoms with E-state index in [0.29, 0.717) is 22.8 Å².